The third kappa shape index (κ3) is 2.52. The third-order valence-corrected chi connectivity index (χ3v) is 6.22. The van der Waals surface area contributed by atoms with E-state index in [4.69, 9.17) is 22.1 Å². The monoisotopic (exact) mass is 303 g/mol. The molecule has 1 aliphatic rings. The number of methoxy groups -OCH3 is 1. The van der Waals surface area contributed by atoms with Gasteiger partial charge >= 0.3 is 0 Å². The normalized spacial score (nSPS) is 30.3. The summed E-state index contributed by atoms with van der Waals surface area (Å²) in [6.07, 6.45) is 0. The molecular formula is C13H18ClNO3S. The predicted octanol–water partition coefficient (Wildman–Crippen LogP) is 1.58. The Bertz CT molecular complexity index is 575. The summed E-state index contributed by atoms with van der Waals surface area (Å²) in [5.74, 6) is -0.173. The highest BCUT2D eigenvalue weighted by Gasteiger charge is 2.68. The van der Waals surface area contributed by atoms with Gasteiger partial charge in [-0.15, -0.1) is 0 Å². The Labute approximate surface area is 118 Å². The van der Waals surface area contributed by atoms with Crippen molar-refractivity contribution in [2.75, 3.05) is 19.5 Å². The number of hydrogen-bond donors (Lipinski definition) is 1. The van der Waals surface area contributed by atoms with Crippen molar-refractivity contribution < 1.29 is 13.2 Å². The highest BCUT2D eigenvalue weighted by atomic mass is 35.5. The second-order valence-corrected chi connectivity index (χ2v) is 7.80. The van der Waals surface area contributed by atoms with Gasteiger partial charge in [0.1, 0.15) is 0 Å². The van der Waals surface area contributed by atoms with Crippen LogP contribution in [0.3, 0.4) is 0 Å². The average Bonchev–Trinajstić information content (AvgIpc) is 2.96. The van der Waals surface area contributed by atoms with Crippen LogP contribution in [-0.2, 0) is 14.6 Å². The second kappa shape index (κ2) is 5.05. The number of benzene rings is 1. The van der Waals surface area contributed by atoms with E-state index in [0.29, 0.717) is 5.02 Å². The summed E-state index contributed by atoms with van der Waals surface area (Å²) in [6.45, 7) is 1.85. The SMILES string of the molecule is CCS(=O)(=O)[C@@H]1[C@H](c2cccc(Cl)c2)[C@@]1(N)COC. The zero-order chi connectivity index (χ0) is 14.3. The van der Waals surface area contributed by atoms with Crippen LogP contribution in [0.2, 0.25) is 5.02 Å². The first-order valence-corrected chi connectivity index (χ1v) is 8.21. The van der Waals surface area contributed by atoms with E-state index in [1.807, 2.05) is 6.07 Å². The molecule has 6 heteroatoms. The van der Waals surface area contributed by atoms with Gasteiger partial charge in [0, 0.05) is 23.8 Å². The molecule has 0 saturated heterocycles. The van der Waals surface area contributed by atoms with Gasteiger partial charge in [0.05, 0.1) is 17.4 Å². The minimum absolute atomic E-state index is 0.0808. The fourth-order valence-corrected chi connectivity index (χ4v) is 4.94. The molecule has 1 aliphatic carbocycles. The molecule has 4 nitrogen and oxygen atoms in total. The van der Waals surface area contributed by atoms with Gasteiger partial charge in [-0.05, 0) is 17.7 Å². The summed E-state index contributed by atoms with van der Waals surface area (Å²) in [6, 6.07) is 7.19. The minimum atomic E-state index is -3.21. The van der Waals surface area contributed by atoms with E-state index in [0.717, 1.165) is 5.56 Å². The number of sulfone groups is 1. The van der Waals surface area contributed by atoms with E-state index in [1.165, 1.54) is 7.11 Å². The fraction of sp³-hybridized carbons (Fsp3) is 0.538. The fourth-order valence-electron chi connectivity index (χ4n) is 2.75. The first kappa shape index (κ1) is 14.8. The molecule has 2 N–H and O–H groups in total. The summed E-state index contributed by atoms with van der Waals surface area (Å²) < 4.78 is 29.4. The molecule has 1 saturated carbocycles. The maximum absolute atomic E-state index is 12.2. The van der Waals surface area contributed by atoms with Gasteiger partial charge in [-0.25, -0.2) is 8.42 Å². The van der Waals surface area contributed by atoms with Crippen LogP contribution in [0, 0.1) is 0 Å². The number of nitrogens with two attached hydrogens (primary N) is 1. The Morgan fingerprint density at radius 3 is 2.68 bits per heavy atom. The quantitative estimate of drug-likeness (QED) is 0.897. The topological polar surface area (TPSA) is 69.4 Å². The first-order chi connectivity index (χ1) is 8.86. The minimum Gasteiger partial charge on any atom is -0.383 e. The first-order valence-electron chi connectivity index (χ1n) is 6.11. The van der Waals surface area contributed by atoms with Crippen molar-refractivity contribution in [3.63, 3.8) is 0 Å². The lowest BCUT2D eigenvalue weighted by Gasteiger charge is -2.10. The van der Waals surface area contributed by atoms with Gasteiger partial charge < -0.3 is 10.5 Å². The second-order valence-electron chi connectivity index (χ2n) is 4.95. The maximum atomic E-state index is 12.2. The molecule has 1 fully saturated rings. The molecule has 0 heterocycles. The van der Waals surface area contributed by atoms with Crippen LogP contribution in [0.25, 0.3) is 0 Å². The van der Waals surface area contributed by atoms with E-state index >= 15 is 0 Å². The molecule has 0 radical (unpaired) electrons. The highest BCUT2D eigenvalue weighted by Crippen LogP contribution is 2.54. The van der Waals surface area contributed by atoms with Gasteiger partial charge in [-0.2, -0.15) is 0 Å². The van der Waals surface area contributed by atoms with Gasteiger partial charge in [0.25, 0.3) is 0 Å². The lowest BCUT2D eigenvalue weighted by molar-refractivity contribution is 0.171. The molecule has 0 aliphatic heterocycles. The Balaban J connectivity index is 2.39. The standard InChI is InChI=1S/C13H18ClNO3S/c1-3-19(16,17)12-11(13(12,15)8-18-2)9-5-4-6-10(14)7-9/h4-7,11-12H,3,8,15H2,1-2H3/t11-,12+,13-/m0/s1. The van der Waals surface area contributed by atoms with Crippen LogP contribution in [0.4, 0.5) is 0 Å². The number of ether oxygens (including phenoxy) is 1. The molecule has 0 bridgehead atoms. The Morgan fingerprint density at radius 2 is 2.16 bits per heavy atom. The third-order valence-electron chi connectivity index (χ3n) is 3.69. The molecule has 106 valence electrons. The van der Waals surface area contributed by atoms with Crippen LogP contribution >= 0.6 is 11.6 Å². The molecule has 2 rings (SSSR count). The van der Waals surface area contributed by atoms with Gasteiger partial charge in [-0.1, -0.05) is 30.7 Å². The van der Waals surface area contributed by atoms with Crippen LogP contribution < -0.4 is 5.73 Å². The zero-order valence-electron chi connectivity index (χ0n) is 11.0. The van der Waals surface area contributed by atoms with Crippen molar-refractivity contribution in [3.8, 4) is 0 Å². The largest absolute Gasteiger partial charge is 0.383 e. The van der Waals surface area contributed by atoms with Crippen molar-refractivity contribution in [1.29, 1.82) is 0 Å². The molecule has 0 spiro atoms. The summed E-state index contributed by atoms with van der Waals surface area (Å²) in [5, 5.41) is -0.0137. The van der Waals surface area contributed by atoms with Crippen molar-refractivity contribution >= 4 is 21.4 Å². The predicted molar refractivity (Wildman–Crippen MR) is 76.2 cm³/mol. The molecule has 1 aromatic rings. The van der Waals surface area contributed by atoms with E-state index in [9.17, 15) is 8.42 Å². The van der Waals surface area contributed by atoms with Gasteiger partial charge in [0.15, 0.2) is 9.84 Å². The summed E-state index contributed by atoms with van der Waals surface area (Å²) in [7, 11) is -1.69. The van der Waals surface area contributed by atoms with Crippen LogP contribution in [-0.4, -0.2) is 38.7 Å². The van der Waals surface area contributed by atoms with Gasteiger partial charge in [0.2, 0.25) is 0 Å². The number of halogens is 1. The molecule has 19 heavy (non-hydrogen) atoms. The Morgan fingerprint density at radius 1 is 1.47 bits per heavy atom. The molecule has 0 unspecified atom stereocenters. The van der Waals surface area contributed by atoms with Crippen LogP contribution in [0.1, 0.15) is 18.4 Å². The summed E-state index contributed by atoms with van der Waals surface area (Å²) >= 11 is 5.96. The molecule has 3 atom stereocenters. The molecule has 1 aromatic carbocycles. The van der Waals surface area contributed by atoms with E-state index in [-0.39, 0.29) is 18.3 Å². The van der Waals surface area contributed by atoms with Crippen molar-refractivity contribution in [3.05, 3.63) is 34.9 Å². The Kier molecular flexibility index (Phi) is 3.93. The molecule has 0 aromatic heterocycles. The lowest BCUT2D eigenvalue weighted by atomic mass is 10.1. The highest BCUT2D eigenvalue weighted by molar-refractivity contribution is 7.92. The maximum Gasteiger partial charge on any atom is 0.155 e. The van der Waals surface area contributed by atoms with Crippen LogP contribution in [0.15, 0.2) is 24.3 Å². The van der Waals surface area contributed by atoms with E-state index < -0.39 is 20.6 Å². The van der Waals surface area contributed by atoms with Crippen LogP contribution in [0.5, 0.6) is 0 Å². The van der Waals surface area contributed by atoms with Crippen molar-refractivity contribution in [2.45, 2.75) is 23.6 Å². The lowest BCUT2D eigenvalue weighted by Crippen LogP contribution is -2.36. The van der Waals surface area contributed by atoms with Crippen molar-refractivity contribution in [2.24, 2.45) is 5.73 Å². The van der Waals surface area contributed by atoms with Crippen molar-refractivity contribution in [1.82, 2.24) is 0 Å². The summed E-state index contributed by atoms with van der Waals surface area (Å²) in [5.41, 5.74) is 6.24. The number of hydrogen-bond acceptors (Lipinski definition) is 4. The molecular weight excluding hydrogens is 286 g/mol. The van der Waals surface area contributed by atoms with E-state index in [1.54, 1.807) is 25.1 Å². The Hall–Kier alpha value is -0.620. The smallest absolute Gasteiger partial charge is 0.155 e. The number of rotatable bonds is 5. The summed E-state index contributed by atoms with van der Waals surface area (Å²) in [4.78, 5) is 0. The van der Waals surface area contributed by atoms with E-state index in [2.05, 4.69) is 0 Å². The average molecular weight is 304 g/mol. The van der Waals surface area contributed by atoms with Gasteiger partial charge in [-0.3, -0.25) is 0 Å². The zero-order valence-corrected chi connectivity index (χ0v) is 12.5. The molecule has 0 amide bonds.